The molecule has 0 aliphatic carbocycles. The molecule has 0 fully saturated rings. The van der Waals surface area contributed by atoms with Crippen LogP contribution in [0.4, 0.5) is 0 Å². The molecule has 0 aliphatic rings. The Balaban J connectivity index is 2.31. The van der Waals surface area contributed by atoms with Gasteiger partial charge in [-0.2, -0.15) is 0 Å². The molecule has 0 atom stereocenters. The summed E-state index contributed by atoms with van der Waals surface area (Å²) in [6, 6.07) is 8.90. The van der Waals surface area contributed by atoms with Crippen LogP contribution < -0.4 is 0 Å². The topological polar surface area (TPSA) is 49.9 Å². The van der Waals surface area contributed by atoms with E-state index in [2.05, 4.69) is 4.98 Å². The van der Waals surface area contributed by atoms with Gasteiger partial charge in [0.2, 0.25) is 0 Å². The van der Waals surface area contributed by atoms with E-state index in [-0.39, 0.29) is 5.78 Å². The molecule has 0 saturated carbocycles. The minimum absolute atomic E-state index is 0.0793. The second-order valence-electron chi connectivity index (χ2n) is 3.66. The molecule has 1 N–H and O–H groups in total. The number of H-pyrrole nitrogens is 1. The third kappa shape index (κ3) is 1.93. The highest BCUT2D eigenvalue weighted by Crippen LogP contribution is 2.11. The molecule has 0 aliphatic heterocycles. The van der Waals surface area contributed by atoms with Gasteiger partial charge in [0, 0.05) is 17.3 Å². The van der Waals surface area contributed by atoms with Crippen LogP contribution >= 0.6 is 0 Å². The van der Waals surface area contributed by atoms with E-state index in [0.717, 1.165) is 5.56 Å². The van der Waals surface area contributed by atoms with Crippen LogP contribution in [0.3, 0.4) is 0 Å². The Morgan fingerprint density at radius 1 is 1.19 bits per heavy atom. The molecule has 1 heterocycles. The second-order valence-corrected chi connectivity index (χ2v) is 3.66. The molecule has 2 rings (SSSR count). The minimum atomic E-state index is -0.0793. The Morgan fingerprint density at radius 3 is 2.44 bits per heavy atom. The first-order chi connectivity index (χ1) is 7.70. The first-order valence-corrected chi connectivity index (χ1v) is 4.95. The SMILES string of the molecule is Cc1ccc(C(=O)c2c[nH]c(C=O)c2)cc1. The van der Waals surface area contributed by atoms with E-state index in [9.17, 15) is 9.59 Å². The molecule has 80 valence electrons. The number of aryl methyl sites for hydroxylation is 1. The lowest BCUT2D eigenvalue weighted by Crippen LogP contribution is -1.99. The molecule has 16 heavy (non-hydrogen) atoms. The van der Waals surface area contributed by atoms with Crippen LogP contribution in [0.5, 0.6) is 0 Å². The fourth-order valence-electron chi connectivity index (χ4n) is 1.48. The number of rotatable bonds is 3. The van der Waals surface area contributed by atoms with Gasteiger partial charge in [0.15, 0.2) is 12.1 Å². The van der Waals surface area contributed by atoms with Gasteiger partial charge in [-0.3, -0.25) is 9.59 Å². The Labute approximate surface area is 93.1 Å². The number of hydrogen-bond acceptors (Lipinski definition) is 2. The highest BCUT2D eigenvalue weighted by molar-refractivity contribution is 6.09. The summed E-state index contributed by atoms with van der Waals surface area (Å²) in [5.41, 5.74) is 2.66. The molecule has 0 spiro atoms. The van der Waals surface area contributed by atoms with Gasteiger partial charge < -0.3 is 4.98 Å². The molecular weight excluding hydrogens is 202 g/mol. The predicted molar refractivity (Wildman–Crippen MR) is 60.8 cm³/mol. The first kappa shape index (κ1) is 10.4. The Hall–Kier alpha value is -2.16. The van der Waals surface area contributed by atoms with Crippen molar-refractivity contribution in [2.24, 2.45) is 0 Å². The number of benzene rings is 1. The second kappa shape index (κ2) is 4.14. The van der Waals surface area contributed by atoms with Crippen molar-refractivity contribution >= 4 is 12.1 Å². The summed E-state index contributed by atoms with van der Waals surface area (Å²) in [5.74, 6) is -0.0793. The molecule has 0 unspecified atom stereocenters. The zero-order valence-electron chi connectivity index (χ0n) is 8.86. The normalized spacial score (nSPS) is 10.1. The standard InChI is InChI=1S/C13H11NO2/c1-9-2-4-10(5-3-9)13(16)11-6-12(8-15)14-7-11/h2-8,14H,1H3. The summed E-state index contributed by atoms with van der Waals surface area (Å²) in [4.78, 5) is 25.2. The van der Waals surface area contributed by atoms with Crippen LogP contribution in [0.2, 0.25) is 0 Å². The van der Waals surface area contributed by atoms with Gasteiger partial charge >= 0.3 is 0 Å². The Kier molecular flexibility index (Phi) is 2.68. The summed E-state index contributed by atoms with van der Waals surface area (Å²) in [7, 11) is 0. The van der Waals surface area contributed by atoms with E-state index >= 15 is 0 Å². The molecule has 0 bridgehead atoms. The first-order valence-electron chi connectivity index (χ1n) is 4.95. The van der Waals surface area contributed by atoms with Gasteiger partial charge in [-0.25, -0.2) is 0 Å². The Bertz CT molecular complexity index is 523. The fourth-order valence-corrected chi connectivity index (χ4v) is 1.48. The van der Waals surface area contributed by atoms with E-state index in [1.165, 1.54) is 0 Å². The number of aldehydes is 1. The van der Waals surface area contributed by atoms with Gasteiger partial charge in [-0.15, -0.1) is 0 Å². The van der Waals surface area contributed by atoms with E-state index in [4.69, 9.17) is 0 Å². The van der Waals surface area contributed by atoms with Crippen LogP contribution in [0.1, 0.15) is 32.0 Å². The number of carbonyl (C=O) groups excluding carboxylic acids is 2. The summed E-state index contributed by atoms with van der Waals surface area (Å²) in [6.07, 6.45) is 2.23. The van der Waals surface area contributed by atoms with Crippen molar-refractivity contribution in [3.8, 4) is 0 Å². The van der Waals surface area contributed by atoms with Crippen LogP contribution in [0, 0.1) is 6.92 Å². The van der Waals surface area contributed by atoms with Crippen molar-refractivity contribution in [1.82, 2.24) is 4.98 Å². The van der Waals surface area contributed by atoms with Crippen LogP contribution in [-0.4, -0.2) is 17.1 Å². The molecule has 3 heteroatoms. The average molecular weight is 213 g/mol. The van der Waals surface area contributed by atoms with Crippen molar-refractivity contribution in [2.75, 3.05) is 0 Å². The zero-order chi connectivity index (χ0) is 11.5. The number of ketones is 1. The van der Waals surface area contributed by atoms with E-state index in [1.807, 2.05) is 19.1 Å². The highest BCUT2D eigenvalue weighted by Gasteiger charge is 2.10. The number of aromatic amines is 1. The van der Waals surface area contributed by atoms with Crippen molar-refractivity contribution in [1.29, 1.82) is 0 Å². The number of hydrogen-bond donors (Lipinski definition) is 1. The molecule has 2 aromatic rings. The van der Waals surface area contributed by atoms with Gasteiger partial charge in [0.1, 0.15) is 0 Å². The largest absolute Gasteiger partial charge is 0.358 e. The van der Waals surface area contributed by atoms with Crippen LogP contribution in [0.15, 0.2) is 36.5 Å². The third-order valence-electron chi connectivity index (χ3n) is 2.41. The predicted octanol–water partition coefficient (Wildman–Crippen LogP) is 2.37. The summed E-state index contributed by atoms with van der Waals surface area (Å²) >= 11 is 0. The van der Waals surface area contributed by atoms with Crippen molar-refractivity contribution in [3.05, 3.63) is 58.9 Å². The average Bonchev–Trinajstić information content (AvgIpc) is 2.77. The van der Waals surface area contributed by atoms with Gasteiger partial charge in [0.25, 0.3) is 0 Å². The number of aromatic nitrogens is 1. The minimum Gasteiger partial charge on any atom is -0.358 e. The van der Waals surface area contributed by atoms with Crippen molar-refractivity contribution in [2.45, 2.75) is 6.92 Å². The fraction of sp³-hybridized carbons (Fsp3) is 0.0769. The molecule has 1 aromatic heterocycles. The van der Waals surface area contributed by atoms with E-state index in [1.54, 1.807) is 24.4 Å². The molecule has 3 nitrogen and oxygen atoms in total. The van der Waals surface area contributed by atoms with Gasteiger partial charge in [0.05, 0.1) is 5.69 Å². The highest BCUT2D eigenvalue weighted by atomic mass is 16.1. The maximum Gasteiger partial charge on any atom is 0.194 e. The van der Waals surface area contributed by atoms with Gasteiger partial charge in [-0.1, -0.05) is 29.8 Å². The number of nitrogens with one attached hydrogen (secondary N) is 1. The molecular formula is C13H11NO2. The maximum atomic E-state index is 12.0. The lowest BCUT2D eigenvalue weighted by molar-refractivity contribution is 0.103. The molecule has 0 saturated heterocycles. The molecule has 0 radical (unpaired) electrons. The van der Waals surface area contributed by atoms with Crippen molar-refractivity contribution in [3.63, 3.8) is 0 Å². The Morgan fingerprint density at radius 2 is 1.88 bits per heavy atom. The quantitative estimate of drug-likeness (QED) is 0.628. The smallest absolute Gasteiger partial charge is 0.194 e. The zero-order valence-corrected chi connectivity index (χ0v) is 8.86. The molecule has 0 amide bonds. The summed E-state index contributed by atoms with van der Waals surface area (Å²) < 4.78 is 0. The summed E-state index contributed by atoms with van der Waals surface area (Å²) in [5, 5.41) is 0. The maximum absolute atomic E-state index is 12.0. The van der Waals surface area contributed by atoms with Crippen LogP contribution in [-0.2, 0) is 0 Å². The van der Waals surface area contributed by atoms with E-state index in [0.29, 0.717) is 23.1 Å². The monoisotopic (exact) mass is 213 g/mol. The van der Waals surface area contributed by atoms with Crippen molar-refractivity contribution < 1.29 is 9.59 Å². The van der Waals surface area contributed by atoms with E-state index < -0.39 is 0 Å². The third-order valence-corrected chi connectivity index (χ3v) is 2.41. The van der Waals surface area contributed by atoms with Crippen LogP contribution in [0.25, 0.3) is 0 Å². The number of carbonyl (C=O) groups is 2. The lowest BCUT2D eigenvalue weighted by atomic mass is 10.0. The molecule has 1 aromatic carbocycles. The lowest BCUT2D eigenvalue weighted by Gasteiger charge is -1.98. The van der Waals surface area contributed by atoms with Gasteiger partial charge in [-0.05, 0) is 13.0 Å². The summed E-state index contributed by atoms with van der Waals surface area (Å²) in [6.45, 7) is 1.97.